The fourth-order valence-corrected chi connectivity index (χ4v) is 2.82. The summed E-state index contributed by atoms with van der Waals surface area (Å²) in [7, 11) is 0. The van der Waals surface area contributed by atoms with E-state index < -0.39 is 0 Å². The summed E-state index contributed by atoms with van der Waals surface area (Å²) in [6.07, 6.45) is 2.20. The third-order valence-electron chi connectivity index (χ3n) is 4.53. The lowest BCUT2D eigenvalue weighted by Crippen LogP contribution is -2.43. The highest BCUT2D eigenvalue weighted by Gasteiger charge is 2.37. The van der Waals surface area contributed by atoms with Gasteiger partial charge in [0.15, 0.2) is 0 Å². The molecular weight excluding hydrogens is 310 g/mol. The van der Waals surface area contributed by atoms with E-state index in [1.165, 1.54) is 0 Å². The molecule has 2 aromatic rings. The first-order valence-corrected chi connectivity index (χ1v) is 8.49. The second-order valence-corrected chi connectivity index (χ2v) is 7.04. The number of aromatic amines is 1. The van der Waals surface area contributed by atoms with Crippen molar-refractivity contribution in [3.05, 3.63) is 41.0 Å². The molecule has 1 aromatic carbocycles. The van der Waals surface area contributed by atoms with E-state index in [0.29, 0.717) is 22.7 Å². The van der Waals surface area contributed by atoms with Crippen LogP contribution in [-0.2, 0) is 0 Å². The van der Waals surface area contributed by atoms with E-state index in [4.69, 9.17) is 11.6 Å². The van der Waals surface area contributed by atoms with Gasteiger partial charge in [-0.15, -0.1) is 0 Å². The number of benzene rings is 1. The highest BCUT2D eigenvalue weighted by Crippen LogP contribution is 2.32. The van der Waals surface area contributed by atoms with Gasteiger partial charge in [0.2, 0.25) is 0 Å². The van der Waals surface area contributed by atoms with Crippen LogP contribution in [0.3, 0.4) is 0 Å². The van der Waals surface area contributed by atoms with Crippen LogP contribution in [-0.4, -0.2) is 33.1 Å². The standard InChI is InChI=1S/C18H22ClN3O/c1-11(2)12(3)22(15-8-9-15)18(23)17-10-16(20-21-17)13-4-6-14(19)7-5-13/h4-7,10-12,15H,8-9H2,1-3H3,(H,20,21)/t12-/m1/s1. The molecule has 0 aliphatic heterocycles. The quantitative estimate of drug-likeness (QED) is 0.883. The molecule has 23 heavy (non-hydrogen) atoms. The van der Waals surface area contributed by atoms with E-state index in [9.17, 15) is 4.79 Å². The number of nitrogens with one attached hydrogen (secondary N) is 1. The summed E-state index contributed by atoms with van der Waals surface area (Å²) in [5.41, 5.74) is 2.26. The molecule has 5 heteroatoms. The van der Waals surface area contributed by atoms with Crippen molar-refractivity contribution in [3.63, 3.8) is 0 Å². The maximum atomic E-state index is 12.9. The van der Waals surface area contributed by atoms with Crippen molar-refractivity contribution in [2.45, 2.75) is 45.7 Å². The SMILES string of the molecule is CC(C)[C@@H](C)N(C(=O)c1cc(-c2ccc(Cl)cc2)n[nH]1)C1CC1. The third kappa shape index (κ3) is 3.42. The molecule has 1 fully saturated rings. The zero-order valence-electron chi connectivity index (χ0n) is 13.7. The Kier molecular flexibility index (Phi) is 4.44. The molecule has 0 radical (unpaired) electrons. The van der Waals surface area contributed by atoms with Gasteiger partial charge in [0.05, 0.1) is 5.69 Å². The van der Waals surface area contributed by atoms with Crippen LogP contribution in [0, 0.1) is 5.92 Å². The number of H-pyrrole nitrogens is 1. The molecule has 3 rings (SSSR count). The van der Waals surface area contributed by atoms with Crippen molar-refractivity contribution in [2.75, 3.05) is 0 Å². The fraction of sp³-hybridized carbons (Fsp3) is 0.444. The molecule has 0 saturated heterocycles. The number of carbonyl (C=O) groups excluding carboxylic acids is 1. The van der Waals surface area contributed by atoms with E-state index >= 15 is 0 Å². The molecule has 0 unspecified atom stereocenters. The Hall–Kier alpha value is -1.81. The Morgan fingerprint density at radius 3 is 2.48 bits per heavy atom. The number of amides is 1. The fourth-order valence-electron chi connectivity index (χ4n) is 2.70. The molecule has 1 amide bonds. The van der Waals surface area contributed by atoms with Gasteiger partial charge in [0, 0.05) is 22.7 Å². The van der Waals surface area contributed by atoms with Gasteiger partial charge < -0.3 is 4.90 Å². The minimum absolute atomic E-state index is 0.0430. The number of rotatable bonds is 5. The Labute approximate surface area is 141 Å². The Bertz CT molecular complexity index is 689. The molecule has 1 aliphatic carbocycles. The monoisotopic (exact) mass is 331 g/mol. The van der Waals surface area contributed by atoms with Gasteiger partial charge in [0.25, 0.3) is 5.91 Å². The minimum atomic E-state index is 0.0430. The summed E-state index contributed by atoms with van der Waals surface area (Å²) >= 11 is 5.91. The average molecular weight is 332 g/mol. The van der Waals surface area contributed by atoms with Crippen LogP contribution in [0.25, 0.3) is 11.3 Å². The van der Waals surface area contributed by atoms with Crippen molar-refractivity contribution in [2.24, 2.45) is 5.92 Å². The predicted molar refractivity (Wildman–Crippen MR) is 92.5 cm³/mol. The lowest BCUT2D eigenvalue weighted by molar-refractivity contribution is 0.0621. The first kappa shape index (κ1) is 16.1. The van der Waals surface area contributed by atoms with E-state index in [1.54, 1.807) is 0 Å². The van der Waals surface area contributed by atoms with Gasteiger partial charge in [-0.3, -0.25) is 9.89 Å². The smallest absolute Gasteiger partial charge is 0.272 e. The first-order valence-electron chi connectivity index (χ1n) is 8.11. The van der Waals surface area contributed by atoms with Crippen LogP contribution in [0.1, 0.15) is 44.1 Å². The van der Waals surface area contributed by atoms with Gasteiger partial charge in [-0.2, -0.15) is 5.10 Å². The molecule has 1 aromatic heterocycles. The van der Waals surface area contributed by atoms with E-state index in [-0.39, 0.29) is 11.9 Å². The molecule has 1 saturated carbocycles. The van der Waals surface area contributed by atoms with Gasteiger partial charge >= 0.3 is 0 Å². The van der Waals surface area contributed by atoms with Crippen LogP contribution in [0.2, 0.25) is 5.02 Å². The molecule has 4 nitrogen and oxygen atoms in total. The lowest BCUT2D eigenvalue weighted by Gasteiger charge is -2.31. The van der Waals surface area contributed by atoms with E-state index in [0.717, 1.165) is 24.1 Å². The summed E-state index contributed by atoms with van der Waals surface area (Å²) in [5.74, 6) is 0.472. The first-order chi connectivity index (χ1) is 11.0. The number of halogens is 1. The predicted octanol–water partition coefficient (Wildman–Crippen LogP) is 4.38. The van der Waals surface area contributed by atoms with Crippen LogP contribution < -0.4 is 0 Å². The van der Waals surface area contributed by atoms with Crippen molar-refractivity contribution < 1.29 is 4.79 Å². The van der Waals surface area contributed by atoms with Gasteiger partial charge in [-0.25, -0.2) is 0 Å². The molecule has 122 valence electrons. The number of hydrogen-bond donors (Lipinski definition) is 1. The maximum Gasteiger partial charge on any atom is 0.272 e. The molecule has 1 N–H and O–H groups in total. The van der Waals surface area contributed by atoms with Gasteiger partial charge in [-0.05, 0) is 43.9 Å². The summed E-state index contributed by atoms with van der Waals surface area (Å²) in [6.45, 7) is 6.43. The molecule has 0 bridgehead atoms. The van der Waals surface area contributed by atoms with Gasteiger partial charge in [-0.1, -0.05) is 37.6 Å². The number of aromatic nitrogens is 2. The normalized spacial score (nSPS) is 15.7. The zero-order chi connectivity index (χ0) is 16.6. The molecule has 1 atom stereocenters. The zero-order valence-corrected chi connectivity index (χ0v) is 14.5. The Morgan fingerprint density at radius 2 is 1.91 bits per heavy atom. The molecular formula is C18H22ClN3O. The average Bonchev–Trinajstić information content (AvgIpc) is 3.23. The molecule has 0 spiro atoms. The van der Waals surface area contributed by atoms with E-state index in [2.05, 4.69) is 31.0 Å². The lowest BCUT2D eigenvalue weighted by atomic mass is 10.0. The minimum Gasteiger partial charge on any atom is -0.331 e. The number of nitrogens with zero attached hydrogens (tertiary/aromatic N) is 2. The number of carbonyl (C=O) groups is 1. The largest absolute Gasteiger partial charge is 0.331 e. The Balaban J connectivity index is 1.83. The maximum absolute atomic E-state index is 12.9. The van der Waals surface area contributed by atoms with Crippen molar-refractivity contribution >= 4 is 17.5 Å². The van der Waals surface area contributed by atoms with Gasteiger partial charge in [0.1, 0.15) is 5.69 Å². The van der Waals surface area contributed by atoms with Crippen LogP contribution in [0.5, 0.6) is 0 Å². The van der Waals surface area contributed by atoms with E-state index in [1.807, 2.05) is 35.2 Å². The second-order valence-electron chi connectivity index (χ2n) is 6.60. The summed E-state index contributed by atoms with van der Waals surface area (Å²) in [6, 6.07) is 9.88. The van der Waals surface area contributed by atoms with Crippen molar-refractivity contribution in [3.8, 4) is 11.3 Å². The summed E-state index contributed by atoms with van der Waals surface area (Å²) in [4.78, 5) is 14.9. The topological polar surface area (TPSA) is 49.0 Å². The third-order valence-corrected chi connectivity index (χ3v) is 4.78. The van der Waals surface area contributed by atoms with Crippen molar-refractivity contribution in [1.29, 1.82) is 0 Å². The Morgan fingerprint density at radius 1 is 1.26 bits per heavy atom. The highest BCUT2D eigenvalue weighted by atomic mass is 35.5. The molecule has 1 heterocycles. The van der Waals surface area contributed by atoms with Crippen molar-refractivity contribution in [1.82, 2.24) is 15.1 Å². The highest BCUT2D eigenvalue weighted by molar-refractivity contribution is 6.30. The van der Waals surface area contributed by atoms with Crippen LogP contribution >= 0.6 is 11.6 Å². The summed E-state index contributed by atoms with van der Waals surface area (Å²) in [5, 5.41) is 7.88. The van der Waals surface area contributed by atoms with Crippen LogP contribution in [0.4, 0.5) is 0 Å². The second kappa shape index (κ2) is 6.36. The van der Waals surface area contributed by atoms with Crippen LogP contribution in [0.15, 0.2) is 30.3 Å². The molecule has 1 aliphatic rings. The summed E-state index contributed by atoms with van der Waals surface area (Å²) < 4.78 is 0. The number of hydrogen-bond acceptors (Lipinski definition) is 2.